The first-order valence-electron chi connectivity index (χ1n) is 11.7. The van der Waals surface area contributed by atoms with Crippen molar-refractivity contribution in [2.24, 2.45) is 0 Å². The van der Waals surface area contributed by atoms with Gasteiger partial charge in [0.05, 0.1) is 12.2 Å². The first kappa shape index (κ1) is 23.1. The Morgan fingerprint density at radius 1 is 1.03 bits per heavy atom. The van der Waals surface area contributed by atoms with Gasteiger partial charge in [-0.3, -0.25) is 4.79 Å². The molecule has 1 aliphatic rings. The highest BCUT2D eigenvalue weighted by Gasteiger charge is 2.34. The zero-order valence-corrected chi connectivity index (χ0v) is 20.0. The van der Waals surface area contributed by atoms with E-state index in [1.54, 1.807) is 23.0 Å². The number of amides is 1. The van der Waals surface area contributed by atoms with Crippen LogP contribution in [0.3, 0.4) is 0 Å². The Morgan fingerprint density at radius 3 is 2.64 bits per heavy atom. The molecule has 1 aliphatic heterocycles. The second-order valence-corrected chi connectivity index (χ2v) is 8.18. The molecule has 1 atom stereocenters. The Kier molecular flexibility index (Phi) is 6.61. The molecule has 0 saturated carbocycles. The predicted octanol–water partition coefficient (Wildman–Crippen LogP) is 4.58. The number of anilines is 2. The van der Waals surface area contributed by atoms with Gasteiger partial charge in [0, 0.05) is 11.9 Å². The number of carbonyl (C=O) groups is 1. The van der Waals surface area contributed by atoms with E-state index in [-0.39, 0.29) is 5.91 Å². The van der Waals surface area contributed by atoms with E-state index in [0.717, 1.165) is 11.1 Å². The van der Waals surface area contributed by atoms with Gasteiger partial charge in [-0.15, -0.1) is 0 Å². The Bertz CT molecular complexity index is 1390. The van der Waals surface area contributed by atoms with E-state index in [4.69, 9.17) is 9.47 Å². The summed E-state index contributed by atoms with van der Waals surface area (Å²) in [6.07, 6.45) is 3.09. The highest BCUT2D eigenvalue weighted by molar-refractivity contribution is 6.05. The SMILES string of the molecule is CCOc1cc(C2C(C(=O)Nc3ccccn3)=C(C)Nc3ncnn32)ccc1OCc1ccccc1. The molecular formula is C27H26N6O3. The molecular weight excluding hydrogens is 456 g/mol. The van der Waals surface area contributed by atoms with E-state index >= 15 is 0 Å². The van der Waals surface area contributed by atoms with Crippen LogP contribution in [0, 0.1) is 0 Å². The number of fused-ring (bicyclic) bond motifs is 1. The number of carbonyl (C=O) groups excluding carboxylic acids is 1. The van der Waals surface area contributed by atoms with Gasteiger partial charge in [0.25, 0.3) is 5.91 Å². The van der Waals surface area contributed by atoms with Gasteiger partial charge in [0.15, 0.2) is 11.5 Å². The maximum Gasteiger partial charge on any atom is 0.257 e. The third kappa shape index (κ3) is 4.76. The minimum absolute atomic E-state index is 0.285. The molecule has 3 heterocycles. The lowest BCUT2D eigenvalue weighted by atomic mass is 9.94. The number of nitrogens with zero attached hydrogens (tertiary/aromatic N) is 4. The van der Waals surface area contributed by atoms with Crippen molar-refractivity contribution in [1.29, 1.82) is 0 Å². The van der Waals surface area contributed by atoms with Crippen LogP contribution in [0.15, 0.2) is 90.5 Å². The van der Waals surface area contributed by atoms with Crippen molar-refractivity contribution in [2.75, 3.05) is 17.2 Å². The number of aromatic nitrogens is 4. The van der Waals surface area contributed by atoms with Crippen molar-refractivity contribution in [3.63, 3.8) is 0 Å². The lowest BCUT2D eigenvalue weighted by molar-refractivity contribution is -0.113. The van der Waals surface area contributed by atoms with Crippen LogP contribution in [0.5, 0.6) is 11.5 Å². The molecule has 4 aromatic rings. The number of benzene rings is 2. The van der Waals surface area contributed by atoms with Crippen molar-refractivity contribution >= 4 is 17.7 Å². The van der Waals surface area contributed by atoms with Crippen LogP contribution in [0.1, 0.15) is 31.0 Å². The van der Waals surface area contributed by atoms with Gasteiger partial charge in [0.2, 0.25) is 5.95 Å². The lowest BCUT2D eigenvalue weighted by Gasteiger charge is -2.29. The van der Waals surface area contributed by atoms with E-state index < -0.39 is 6.04 Å². The molecule has 2 N–H and O–H groups in total. The smallest absolute Gasteiger partial charge is 0.257 e. The maximum atomic E-state index is 13.5. The Labute approximate surface area is 208 Å². The van der Waals surface area contributed by atoms with E-state index in [1.807, 2.05) is 68.4 Å². The van der Waals surface area contributed by atoms with E-state index in [0.29, 0.717) is 47.7 Å². The van der Waals surface area contributed by atoms with Gasteiger partial charge in [-0.05, 0) is 49.2 Å². The van der Waals surface area contributed by atoms with Crippen LogP contribution in [-0.4, -0.2) is 32.3 Å². The van der Waals surface area contributed by atoms with Gasteiger partial charge >= 0.3 is 0 Å². The average molecular weight is 483 g/mol. The maximum absolute atomic E-state index is 13.5. The highest BCUT2D eigenvalue weighted by Crippen LogP contribution is 2.39. The number of nitrogens with one attached hydrogen (secondary N) is 2. The summed E-state index contributed by atoms with van der Waals surface area (Å²) >= 11 is 0. The lowest BCUT2D eigenvalue weighted by Crippen LogP contribution is -2.31. The van der Waals surface area contributed by atoms with Crippen molar-refractivity contribution < 1.29 is 14.3 Å². The largest absolute Gasteiger partial charge is 0.490 e. The molecule has 0 bridgehead atoms. The second kappa shape index (κ2) is 10.3. The summed E-state index contributed by atoms with van der Waals surface area (Å²) in [5, 5.41) is 10.5. The van der Waals surface area contributed by atoms with Gasteiger partial charge in [0.1, 0.15) is 24.8 Å². The number of pyridine rings is 1. The molecule has 2 aromatic carbocycles. The van der Waals surface area contributed by atoms with Crippen molar-refractivity contribution in [2.45, 2.75) is 26.5 Å². The molecule has 182 valence electrons. The van der Waals surface area contributed by atoms with Crippen molar-refractivity contribution in [3.8, 4) is 11.5 Å². The minimum atomic E-state index is -0.533. The van der Waals surface area contributed by atoms with Crippen LogP contribution >= 0.6 is 0 Å². The molecule has 0 saturated heterocycles. The summed E-state index contributed by atoms with van der Waals surface area (Å²) in [6, 6.07) is 20.5. The third-order valence-corrected chi connectivity index (χ3v) is 5.77. The normalized spacial score (nSPS) is 14.6. The van der Waals surface area contributed by atoms with Crippen molar-refractivity contribution in [3.05, 3.63) is 102 Å². The number of hydrogen-bond donors (Lipinski definition) is 2. The molecule has 2 aromatic heterocycles. The molecule has 0 radical (unpaired) electrons. The van der Waals surface area contributed by atoms with Crippen LogP contribution < -0.4 is 20.1 Å². The fraction of sp³-hybridized carbons (Fsp3) is 0.185. The molecule has 1 amide bonds. The van der Waals surface area contributed by atoms with Gasteiger partial charge in [-0.1, -0.05) is 42.5 Å². The number of rotatable bonds is 8. The molecule has 0 aliphatic carbocycles. The topological polar surface area (TPSA) is 103 Å². The third-order valence-electron chi connectivity index (χ3n) is 5.77. The molecule has 36 heavy (non-hydrogen) atoms. The zero-order chi connectivity index (χ0) is 24.9. The summed E-state index contributed by atoms with van der Waals surface area (Å²) in [4.78, 5) is 22.0. The Balaban J connectivity index is 1.50. The van der Waals surface area contributed by atoms with E-state index in [9.17, 15) is 4.79 Å². The fourth-order valence-electron chi connectivity index (χ4n) is 4.13. The number of hydrogen-bond acceptors (Lipinski definition) is 7. The quantitative estimate of drug-likeness (QED) is 0.379. The Morgan fingerprint density at radius 2 is 1.86 bits per heavy atom. The summed E-state index contributed by atoms with van der Waals surface area (Å²) in [5.74, 6) is 1.94. The van der Waals surface area contributed by atoms with Gasteiger partial charge < -0.3 is 20.1 Å². The monoisotopic (exact) mass is 482 g/mol. The van der Waals surface area contributed by atoms with Crippen LogP contribution in [0.4, 0.5) is 11.8 Å². The number of allylic oxidation sites excluding steroid dienone is 1. The highest BCUT2D eigenvalue weighted by atomic mass is 16.5. The standard InChI is InChI=1S/C27H26N6O3/c1-3-35-22-15-20(12-13-21(22)36-16-19-9-5-4-6-10-19)25-24(18(2)31-27-29-17-30-33(25)27)26(34)32-23-11-7-8-14-28-23/h4-15,17,25H,3,16H2,1-2H3,(H,28,32,34)(H,29,30,31). The van der Waals surface area contributed by atoms with Gasteiger partial charge in [-0.25, -0.2) is 9.67 Å². The fourth-order valence-corrected chi connectivity index (χ4v) is 4.13. The first-order valence-corrected chi connectivity index (χ1v) is 11.7. The van der Waals surface area contributed by atoms with Crippen LogP contribution in [-0.2, 0) is 11.4 Å². The molecule has 0 fully saturated rings. The zero-order valence-electron chi connectivity index (χ0n) is 20.0. The first-order chi connectivity index (χ1) is 17.6. The molecule has 0 spiro atoms. The summed E-state index contributed by atoms with van der Waals surface area (Å²) in [7, 11) is 0. The average Bonchev–Trinajstić information content (AvgIpc) is 3.36. The summed E-state index contributed by atoms with van der Waals surface area (Å²) in [6.45, 7) is 4.65. The summed E-state index contributed by atoms with van der Waals surface area (Å²) in [5.41, 5.74) is 3.04. The van der Waals surface area contributed by atoms with E-state index in [2.05, 4.69) is 25.7 Å². The molecule has 1 unspecified atom stereocenters. The summed E-state index contributed by atoms with van der Waals surface area (Å²) < 4.78 is 13.7. The number of ether oxygens (including phenoxy) is 2. The predicted molar refractivity (Wildman–Crippen MR) is 136 cm³/mol. The molecule has 9 heteroatoms. The molecule has 5 rings (SSSR count). The Hall–Kier alpha value is -4.66. The molecule has 9 nitrogen and oxygen atoms in total. The van der Waals surface area contributed by atoms with Gasteiger partial charge in [-0.2, -0.15) is 10.1 Å². The van der Waals surface area contributed by atoms with Crippen LogP contribution in [0.2, 0.25) is 0 Å². The van der Waals surface area contributed by atoms with Crippen LogP contribution in [0.25, 0.3) is 0 Å². The second-order valence-electron chi connectivity index (χ2n) is 8.18. The van der Waals surface area contributed by atoms with E-state index in [1.165, 1.54) is 6.33 Å². The minimum Gasteiger partial charge on any atom is -0.490 e. The van der Waals surface area contributed by atoms with Crippen molar-refractivity contribution in [1.82, 2.24) is 19.7 Å².